The Balaban J connectivity index is 1.38. The fraction of sp³-hybridized carbons (Fsp3) is 0.714. The van der Waals surface area contributed by atoms with Gasteiger partial charge in [-0.3, -0.25) is 0 Å². The summed E-state index contributed by atoms with van der Waals surface area (Å²) < 4.78 is 13.6. The maximum atomic E-state index is 13.6. The second-order valence-electron chi connectivity index (χ2n) is 8.32. The van der Waals surface area contributed by atoms with E-state index in [1.54, 1.807) is 12.1 Å². The topological polar surface area (TPSA) is 3.24 Å². The Morgan fingerprint density at radius 2 is 1.65 bits per heavy atom. The molecule has 2 saturated carbocycles. The molecule has 0 aromatic heterocycles. The fourth-order valence-electron chi connectivity index (χ4n) is 5.54. The molecular weight excluding hydrogens is 285 g/mol. The number of nitrogens with zero attached hydrogens (tertiary/aromatic N) is 1. The third kappa shape index (κ3) is 3.33. The first-order chi connectivity index (χ1) is 11.2. The molecule has 126 valence electrons. The molecule has 0 spiro atoms. The largest absolute Gasteiger partial charge is 0.300 e. The van der Waals surface area contributed by atoms with Gasteiger partial charge in [-0.2, -0.15) is 0 Å². The number of aryl methyl sites for hydroxylation is 1. The van der Waals surface area contributed by atoms with E-state index in [1.165, 1.54) is 75.6 Å². The number of fused-ring (bicyclic) bond motifs is 2. The highest BCUT2D eigenvalue weighted by Crippen LogP contribution is 2.42. The van der Waals surface area contributed by atoms with Crippen molar-refractivity contribution in [2.24, 2.45) is 11.8 Å². The molecular formula is C21H30FN. The van der Waals surface area contributed by atoms with Gasteiger partial charge in [-0.15, -0.1) is 0 Å². The van der Waals surface area contributed by atoms with Crippen LogP contribution in [0, 0.1) is 24.6 Å². The van der Waals surface area contributed by atoms with Gasteiger partial charge in [0.15, 0.2) is 0 Å². The van der Waals surface area contributed by atoms with E-state index in [9.17, 15) is 4.39 Å². The van der Waals surface area contributed by atoms with Gasteiger partial charge in [0.2, 0.25) is 0 Å². The van der Waals surface area contributed by atoms with E-state index in [0.717, 1.165) is 17.9 Å². The van der Waals surface area contributed by atoms with Crippen LogP contribution in [0.5, 0.6) is 0 Å². The summed E-state index contributed by atoms with van der Waals surface area (Å²) in [5.41, 5.74) is 2.51. The summed E-state index contributed by atoms with van der Waals surface area (Å²) in [5, 5.41) is 0. The smallest absolute Gasteiger partial charge is 0.123 e. The average molecular weight is 315 g/mol. The van der Waals surface area contributed by atoms with Gasteiger partial charge in [-0.1, -0.05) is 18.9 Å². The minimum Gasteiger partial charge on any atom is -0.300 e. The molecule has 2 bridgehead atoms. The van der Waals surface area contributed by atoms with E-state index in [4.69, 9.17) is 0 Å². The Morgan fingerprint density at radius 3 is 2.48 bits per heavy atom. The van der Waals surface area contributed by atoms with Crippen molar-refractivity contribution in [3.63, 3.8) is 0 Å². The number of hydrogen-bond donors (Lipinski definition) is 0. The third-order valence-electron chi connectivity index (χ3n) is 6.89. The van der Waals surface area contributed by atoms with Crippen molar-refractivity contribution in [1.29, 1.82) is 0 Å². The quantitative estimate of drug-likeness (QED) is 0.717. The van der Waals surface area contributed by atoms with Gasteiger partial charge in [0.25, 0.3) is 0 Å². The molecule has 2 aliphatic carbocycles. The molecule has 1 aromatic carbocycles. The molecule has 0 amide bonds. The van der Waals surface area contributed by atoms with Crippen LogP contribution in [0.25, 0.3) is 0 Å². The summed E-state index contributed by atoms with van der Waals surface area (Å²) in [6, 6.07) is 6.15. The molecule has 3 fully saturated rings. The second kappa shape index (κ2) is 6.55. The second-order valence-corrected chi connectivity index (χ2v) is 8.32. The Kier molecular flexibility index (Phi) is 4.45. The summed E-state index contributed by atoms with van der Waals surface area (Å²) in [6.45, 7) is 4.55. The number of likely N-dealkylation sites (tertiary alicyclic amines) is 1. The summed E-state index contributed by atoms with van der Waals surface area (Å²) >= 11 is 0. The number of benzene rings is 1. The predicted octanol–water partition coefficient (Wildman–Crippen LogP) is 5.28. The van der Waals surface area contributed by atoms with Crippen LogP contribution >= 0.6 is 0 Å². The lowest BCUT2D eigenvalue weighted by molar-refractivity contribution is 0.125. The van der Waals surface area contributed by atoms with Crippen LogP contribution < -0.4 is 0 Å². The third-order valence-corrected chi connectivity index (χ3v) is 6.89. The van der Waals surface area contributed by atoms with Crippen molar-refractivity contribution in [3.05, 3.63) is 35.1 Å². The van der Waals surface area contributed by atoms with Crippen LogP contribution in [0.2, 0.25) is 0 Å². The zero-order valence-corrected chi connectivity index (χ0v) is 14.4. The lowest BCUT2D eigenvalue weighted by atomic mass is 9.85. The van der Waals surface area contributed by atoms with E-state index < -0.39 is 0 Å². The molecule has 4 rings (SSSR count). The molecule has 3 atom stereocenters. The molecule has 0 N–H and O–H groups in total. The van der Waals surface area contributed by atoms with Gasteiger partial charge in [-0.05, 0) is 99.6 Å². The van der Waals surface area contributed by atoms with Crippen molar-refractivity contribution >= 4 is 0 Å². The molecule has 0 radical (unpaired) electrons. The van der Waals surface area contributed by atoms with Gasteiger partial charge in [0, 0.05) is 6.04 Å². The molecule has 3 aliphatic rings. The maximum Gasteiger partial charge on any atom is 0.123 e. The fourth-order valence-corrected chi connectivity index (χ4v) is 5.54. The number of hydrogen-bond acceptors (Lipinski definition) is 1. The number of piperidine rings is 1. The Hall–Kier alpha value is -0.890. The molecule has 1 saturated heterocycles. The standard InChI is InChI=1S/C21H30FN/c1-15-2-6-19(22)14-21(15)18-8-10-23(11-9-18)20-7-5-16-3-4-17(12-16)13-20/h2,6,14,16-18,20H,3-5,7-13H2,1H3/t16-,17+,20?/m1/s1. The molecule has 2 heteroatoms. The van der Waals surface area contributed by atoms with Crippen LogP contribution in [0.4, 0.5) is 4.39 Å². The van der Waals surface area contributed by atoms with Crippen LogP contribution in [0.1, 0.15) is 68.4 Å². The van der Waals surface area contributed by atoms with Crippen LogP contribution in [-0.4, -0.2) is 24.0 Å². The lowest BCUT2D eigenvalue weighted by Crippen LogP contribution is -2.41. The number of rotatable bonds is 2. The molecule has 1 nitrogen and oxygen atoms in total. The van der Waals surface area contributed by atoms with Gasteiger partial charge in [0.1, 0.15) is 5.82 Å². The van der Waals surface area contributed by atoms with Crippen LogP contribution in [0.15, 0.2) is 18.2 Å². The molecule has 1 heterocycles. The zero-order chi connectivity index (χ0) is 15.8. The van der Waals surface area contributed by atoms with Crippen molar-refractivity contribution in [3.8, 4) is 0 Å². The normalized spacial score (nSPS) is 32.9. The SMILES string of the molecule is Cc1ccc(F)cc1C1CCN(C2CC[C@H]3CC[C@H](C2)C3)CC1. The van der Waals surface area contributed by atoms with E-state index in [1.807, 2.05) is 6.07 Å². The van der Waals surface area contributed by atoms with E-state index in [-0.39, 0.29) is 5.82 Å². The first-order valence-electron chi connectivity index (χ1n) is 9.69. The lowest BCUT2D eigenvalue weighted by Gasteiger charge is -2.39. The Labute approximate surface area is 140 Å². The van der Waals surface area contributed by atoms with Crippen molar-refractivity contribution in [2.75, 3.05) is 13.1 Å². The molecule has 23 heavy (non-hydrogen) atoms. The highest BCUT2D eigenvalue weighted by atomic mass is 19.1. The summed E-state index contributed by atoms with van der Waals surface area (Å²) in [7, 11) is 0. The van der Waals surface area contributed by atoms with E-state index >= 15 is 0 Å². The monoisotopic (exact) mass is 315 g/mol. The van der Waals surface area contributed by atoms with Crippen molar-refractivity contribution in [1.82, 2.24) is 4.90 Å². The van der Waals surface area contributed by atoms with Gasteiger partial charge in [-0.25, -0.2) is 4.39 Å². The minimum atomic E-state index is -0.0761. The van der Waals surface area contributed by atoms with E-state index in [2.05, 4.69) is 11.8 Å². The zero-order valence-electron chi connectivity index (χ0n) is 14.4. The maximum absolute atomic E-state index is 13.6. The number of halogens is 1. The first-order valence-corrected chi connectivity index (χ1v) is 9.69. The average Bonchev–Trinajstić information content (AvgIpc) is 2.89. The minimum absolute atomic E-state index is 0.0761. The Morgan fingerprint density at radius 1 is 0.913 bits per heavy atom. The highest BCUT2D eigenvalue weighted by Gasteiger charge is 2.34. The van der Waals surface area contributed by atoms with Crippen LogP contribution in [0.3, 0.4) is 0 Å². The van der Waals surface area contributed by atoms with Crippen molar-refractivity contribution in [2.45, 2.75) is 70.3 Å². The van der Waals surface area contributed by atoms with Gasteiger partial charge >= 0.3 is 0 Å². The molecule has 1 aromatic rings. The molecule has 1 unspecified atom stereocenters. The summed E-state index contributed by atoms with van der Waals surface area (Å²) in [5.74, 6) is 2.53. The molecule has 1 aliphatic heterocycles. The Bertz CT molecular complexity index is 547. The van der Waals surface area contributed by atoms with Gasteiger partial charge < -0.3 is 4.90 Å². The summed E-state index contributed by atoms with van der Waals surface area (Å²) in [6.07, 6.45) is 11.2. The first kappa shape index (κ1) is 15.6. The van der Waals surface area contributed by atoms with Crippen LogP contribution in [-0.2, 0) is 0 Å². The van der Waals surface area contributed by atoms with E-state index in [0.29, 0.717) is 5.92 Å². The highest BCUT2D eigenvalue weighted by molar-refractivity contribution is 5.30. The van der Waals surface area contributed by atoms with Gasteiger partial charge in [0.05, 0.1) is 0 Å². The summed E-state index contributed by atoms with van der Waals surface area (Å²) in [4.78, 5) is 2.77. The van der Waals surface area contributed by atoms with Crippen molar-refractivity contribution < 1.29 is 4.39 Å². The predicted molar refractivity (Wildman–Crippen MR) is 93.2 cm³/mol.